The van der Waals surface area contributed by atoms with Crippen LogP contribution < -0.4 is 10.1 Å². The fourth-order valence-electron chi connectivity index (χ4n) is 3.21. The topological polar surface area (TPSA) is 111 Å². The summed E-state index contributed by atoms with van der Waals surface area (Å²) in [6.45, 7) is 0. The maximum Gasteiger partial charge on any atom is 0.277 e. The number of ether oxygens (including phenoxy) is 1. The Bertz CT molecular complexity index is 1130. The van der Waals surface area contributed by atoms with Crippen molar-refractivity contribution in [3.63, 3.8) is 0 Å². The normalized spacial score (nSPS) is 17.4. The smallest absolute Gasteiger partial charge is 0.277 e. The molecule has 0 saturated carbocycles. The van der Waals surface area contributed by atoms with Gasteiger partial charge in [0.05, 0.1) is 17.3 Å². The van der Waals surface area contributed by atoms with Crippen LogP contribution in [-0.4, -0.2) is 41.8 Å². The van der Waals surface area contributed by atoms with E-state index in [1.807, 2.05) is 30.3 Å². The molecule has 0 radical (unpaired) electrons. The van der Waals surface area contributed by atoms with Gasteiger partial charge in [0.2, 0.25) is 11.8 Å². The molecule has 0 spiro atoms. The Morgan fingerprint density at radius 1 is 1.10 bits per heavy atom. The molecule has 1 fully saturated rings. The molecule has 8 nitrogen and oxygen atoms in total. The molecule has 1 aromatic heterocycles. The van der Waals surface area contributed by atoms with E-state index < -0.39 is 9.84 Å². The highest BCUT2D eigenvalue weighted by Gasteiger charge is 2.29. The lowest BCUT2D eigenvalue weighted by Gasteiger charge is -2.07. The quantitative estimate of drug-likeness (QED) is 0.509. The number of carbonyl (C=O) groups is 1. The summed E-state index contributed by atoms with van der Waals surface area (Å²) < 4.78 is 34.3. The summed E-state index contributed by atoms with van der Waals surface area (Å²) in [5.41, 5.74) is 0.652. The number of hydrogen-bond acceptors (Lipinski definition) is 8. The number of nitrogens with zero attached hydrogens (tertiary/aromatic N) is 2. The monoisotopic (exact) mass is 459 g/mol. The molecular formula is C21H21N3O5S2. The van der Waals surface area contributed by atoms with Gasteiger partial charge in [-0.15, -0.1) is 10.2 Å². The molecule has 1 saturated heterocycles. The van der Waals surface area contributed by atoms with E-state index in [2.05, 4.69) is 15.5 Å². The molecule has 4 rings (SSSR count). The summed E-state index contributed by atoms with van der Waals surface area (Å²) in [7, 11) is -2.93. The number of aromatic nitrogens is 2. The number of anilines is 1. The lowest BCUT2D eigenvalue weighted by Crippen LogP contribution is -2.13. The molecule has 2 aromatic carbocycles. The predicted octanol–water partition coefficient (Wildman–Crippen LogP) is 3.57. The Kier molecular flexibility index (Phi) is 6.57. The van der Waals surface area contributed by atoms with Crippen molar-refractivity contribution in [3.8, 4) is 11.5 Å². The van der Waals surface area contributed by atoms with Crippen molar-refractivity contribution < 1.29 is 22.4 Å². The zero-order valence-electron chi connectivity index (χ0n) is 16.6. The van der Waals surface area contributed by atoms with Crippen LogP contribution in [0.2, 0.25) is 0 Å². The molecule has 0 bridgehead atoms. The van der Waals surface area contributed by atoms with Crippen LogP contribution in [0.25, 0.3) is 0 Å². The molecule has 1 atom stereocenters. The van der Waals surface area contributed by atoms with Gasteiger partial charge in [0.1, 0.15) is 11.5 Å². The van der Waals surface area contributed by atoms with Crippen LogP contribution in [0.15, 0.2) is 64.2 Å². The van der Waals surface area contributed by atoms with E-state index in [-0.39, 0.29) is 34.3 Å². The van der Waals surface area contributed by atoms with E-state index in [0.29, 0.717) is 30.2 Å². The molecule has 3 aromatic rings. The van der Waals surface area contributed by atoms with Crippen molar-refractivity contribution in [2.45, 2.75) is 18.1 Å². The van der Waals surface area contributed by atoms with Crippen molar-refractivity contribution in [1.29, 1.82) is 0 Å². The molecule has 162 valence electrons. The van der Waals surface area contributed by atoms with Crippen LogP contribution in [-0.2, 0) is 21.1 Å². The third-order valence-electron chi connectivity index (χ3n) is 4.68. The maximum absolute atomic E-state index is 12.2. The first-order valence-electron chi connectivity index (χ1n) is 9.74. The summed E-state index contributed by atoms with van der Waals surface area (Å²) in [5.74, 6) is 2.11. The second kappa shape index (κ2) is 9.52. The molecule has 1 N–H and O–H groups in total. The van der Waals surface area contributed by atoms with Gasteiger partial charge >= 0.3 is 0 Å². The molecule has 10 heteroatoms. The minimum Gasteiger partial charge on any atom is -0.457 e. The van der Waals surface area contributed by atoms with Crippen LogP contribution in [0.1, 0.15) is 12.3 Å². The van der Waals surface area contributed by atoms with Gasteiger partial charge < -0.3 is 14.5 Å². The zero-order valence-corrected chi connectivity index (χ0v) is 18.2. The fourth-order valence-corrected chi connectivity index (χ4v) is 5.66. The molecule has 1 unspecified atom stereocenters. The Balaban J connectivity index is 1.23. The van der Waals surface area contributed by atoms with Crippen LogP contribution >= 0.6 is 11.8 Å². The van der Waals surface area contributed by atoms with Crippen molar-refractivity contribution in [2.75, 3.05) is 22.6 Å². The van der Waals surface area contributed by atoms with E-state index in [9.17, 15) is 13.2 Å². The number of amides is 1. The third kappa shape index (κ3) is 6.31. The molecule has 2 heterocycles. The predicted molar refractivity (Wildman–Crippen MR) is 117 cm³/mol. The van der Waals surface area contributed by atoms with E-state index in [1.54, 1.807) is 24.3 Å². The van der Waals surface area contributed by atoms with Crippen molar-refractivity contribution in [2.24, 2.45) is 5.92 Å². The summed E-state index contributed by atoms with van der Waals surface area (Å²) in [6.07, 6.45) is 1.06. The van der Waals surface area contributed by atoms with E-state index in [4.69, 9.17) is 9.15 Å². The number of nitrogens with one attached hydrogen (secondary N) is 1. The summed E-state index contributed by atoms with van der Waals surface area (Å²) >= 11 is 1.14. The summed E-state index contributed by atoms with van der Waals surface area (Å²) in [4.78, 5) is 12.2. The minimum absolute atomic E-state index is 0.0143. The van der Waals surface area contributed by atoms with E-state index in [0.717, 1.165) is 17.5 Å². The van der Waals surface area contributed by atoms with Crippen LogP contribution in [0.4, 0.5) is 5.69 Å². The SMILES string of the molecule is O=C(CSc1nnc(CC2CCS(=O)(=O)C2)o1)Nc1ccc(Oc2ccccc2)cc1. The average molecular weight is 460 g/mol. The minimum atomic E-state index is -2.93. The largest absolute Gasteiger partial charge is 0.457 e. The standard InChI is InChI=1S/C21H21N3O5S2/c25-19(22-16-6-8-18(9-7-16)28-17-4-2-1-3-5-17)13-30-21-24-23-20(29-21)12-15-10-11-31(26,27)14-15/h1-9,15H,10-14H2,(H,22,25). The van der Waals surface area contributed by atoms with E-state index in [1.165, 1.54) is 0 Å². The van der Waals surface area contributed by atoms with Crippen molar-refractivity contribution in [3.05, 3.63) is 60.5 Å². The average Bonchev–Trinajstić information content (AvgIpc) is 3.34. The molecule has 1 aliphatic rings. The van der Waals surface area contributed by atoms with Gasteiger partial charge in [-0.05, 0) is 48.7 Å². The molecular weight excluding hydrogens is 438 g/mol. The lowest BCUT2D eigenvalue weighted by molar-refractivity contribution is -0.113. The Hall–Kier alpha value is -2.85. The van der Waals surface area contributed by atoms with Gasteiger partial charge in [-0.2, -0.15) is 0 Å². The number of rotatable bonds is 8. The van der Waals surface area contributed by atoms with Gasteiger partial charge in [-0.1, -0.05) is 30.0 Å². The van der Waals surface area contributed by atoms with Gasteiger partial charge in [-0.25, -0.2) is 8.42 Å². The number of sulfone groups is 1. The fraction of sp³-hybridized carbons (Fsp3) is 0.286. The number of hydrogen-bond donors (Lipinski definition) is 1. The highest BCUT2D eigenvalue weighted by atomic mass is 32.2. The summed E-state index contributed by atoms with van der Waals surface area (Å²) in [5, 5.41) is 11.0. The highest BCUT2D eigenvalue weighted by molar-refractivity contribution is 7.99. The number of para-hydroxylation sites is 1. The Labute approximate surface area is 184 Å². The second-order valence-electron chi connectivity index (χ2n) is 7.21. The van der Waals surface area contributed by atoms with Gasteiger partial charge in [0.15, 0.2) is 9.84 Å². The van der Waals surface area contributed by atoms with Crippen LogP contribution in [0.5, 0.6) is 11.5 Å². The number of carbonyl (C=O) groups excluding carboxylic acids is 1. The molecule has 0 aliphatic carbocycles. The number of benzene rings is 2. The van der Waals surface area contributed by atoms with Crippen molar-refractivity contribution >= 4 is 33.2 Å². The maximum atomic E-state index is 12.2. The molecule has 1 amide bonds. The zero-order chi connectivity index (χ0) is 21.7. The van der Waals surface area contributed by atoms with Gasteiger partial charge in [0, 0.05) is 12.1 Å². The van der Waals surface area contributed by atoms with Gasteiger partial charge in [-0.3, -0.25) is 4.79 Å². The molecule has 1 aliphatic heterocycles. The number of thioether (sulfide) groups is 1. The van der Waals surface area contributed by atoms with Crippen LogP contribution in [0, 0.1) is 5.92 Å². The third-order valence-corrected chi connectivity index (χ3v) is 7.34. The van der Waals surface area contributed by atoms with Crippen molar-refractivity contribution in [1.82, 2.24) is 10.2 Å². The van der Waals surface area contributed by atoms with E-state index >= 15 is 0 Å². The second-order valence-corrected chi connectivity index (χ2v) is 10.4. The first-order chi connectivity index (χ1) is 14.9. The van der Waals surface area contributed by atoms with Crippen LogP contribution in [0.3, 0.4) is 0 Å². The first kappa shape index (κ1) is 21.4. The van der Waals surface area contributed by atoms with Gasteiger partial charge in [0.25, 0.3) is 5.22 Å². The Morgan fingerprint density at radius 3 is 2.55 bits per heavy atom. The molecule has 31 heavy (non-hydrogen) atoms. The lowest BCUT2D eigenvalue weighted by atomic mass is 10.1. The highest BCUT2D eigenvalue weighted by Crippen LogP contribution is 2.25. The summed E-state index contributed by atoms with van der Waals surface area (Å²) in [6, 6.07) is 16.5. The first-order valence-corrected chi connectivity index (χ1v) is 12.5. The Morgan fingerprint density at radius 2 is 1.84 bits per heavy atom.